The number of nitrogens with zero attached hydrogens (tertiary/aromatic N) is 1. The van der Waals surface area contributed by atoms with Gasteiger partial charge in [-0.25, -0.2) is 4.98 Å². The van der Waals surface area contributed by atoms with Crippen molar-refractivity contribution in [2.24, 2.45) is 11.8 Å². The van der Waals surface area contributed by atoms with E-state index in [0.717, 1.165) is 4.78 Å². The highest BCUT2D eigenvalue weighted by Gasteiger charge is 2.52. The van der Waals surface area contributed by atoms with Gasteiger partial charge in [-0.1, -0.05) is 0 Å². The molecule has 0 radical (unpaired) electrons. The maximum atomic E-state index is 12.6. The molecule has 3 rings (SSSR count). The van der Waals surface area contributed by atoms with E-state index in [0.29, 0.717) is 17.8 Å². The van der Waals surface area contributed by atoms with E-state index in [-0.39, 0.29) is 23.6 Å². The summed E-state index contributed by atoms with van der Waals surface area (Å²) in [7, 11) is 0.828. The van der Waals surface area contributed by atoms with Crippen molar-refractivity contribution in [3.05, 3.63) is 11.2 Å². The third-order valence-corrected chi connectivity index (χ3v) is 6.37. The smallest absolute Gasteiger partial charge is 0.469 e. The summed E-state index contributed by atoms with van der Waals surface area (Å²) in [5.74, 6) is -1.08. The fraction of sp³-hybridized carbons (Fsp3) is 0.688. The van der Waals surface area contributed by atoms with E-state index in [1.807, 2.05) is 27.7 Å². The van der Waals surface area contributed by atoms with Gasteiger partial charge < -0.3 is 14.0 Å². The number of methoxy groups -OCH3 is 1. The average Bonchev–Trinajstić information content (AvgIpc) is 3.01. The van der Waals surface area contributed by atoms with Crippen molar-refractivity contribution in [3.63, 3.8) is 0 Å². The Morgan fingerprint density at radius 1 is 1.21 bits per heavy atom. The van der Waals surface area contributed by atoms with Crippen molar-refractivity contribution in [1.82, 2.24) is 4.98 Å². The maximum absolute atomic E-state index is 12.6. The van der Waals surface area contributed by atoms with E-state index < -0.39 is 18.3 Å². The normalized spacial score (nSPS) is 27.6. The number of hydrogen-bond acceptors (Lipinski definition) is 7. The molecule has 0 bridgehead atoms. The first-order valence-electron chi connectivity index (χ1n) is 8.09. The van der Waals surface area contributed by atoms with Crippen molar-refractivity contribution in [1.29, 1.82) is 0 Å². The minimum absolute atomic E-state index is 0.0931. The SMILES string of the molecule is COC(=O)[C@@H]1CC[C@H]1C(=O)c1ncc(B2OC(C)(C)C(C)(C)O2)s1. The van der Waals surface area contributed by atoms with Crippen LogP contribution in [0.5, 0.6) is 0 Å². The van der Waals surface area contributed by atoms with Crippen LogP contribution in [0.25, 0.3) is 0 Å². The summed E-state index contributed by atoms with van der Waals surface area (Å²) in [6, 6.07) is 0. The molecular weight excluding hydrogens is 329 g/mol. The first kappa shape index (κ1) is 17.6. The highest BCUT2D eigenvalue weighted by Crippen LogP contribution is 2.39. The summed E-state index contributed by atoms with van der Waals surface area (Å²) in [6.07, 6.45) is 3.02. The predicted octanol–water partition coefficient (Wildman–Crippen LogP) is 1.82. The van der Waals surface area contributed by atoms with Gasteiger partial charge >= 0.3 is 13.1 Å². The standard InChI is InChI=1S/C16H22BNO5S/c1-15(2)16(3,4)23-17(22-15)11-8-18-13(24-11)12(19)9-6-7-10(9)14(20)21-5/h8-10H,6-7H2,1-5H3/t9-,10-/m1/s1. The van der Waals surface area contributed by atoms with Gasteiger partial charge in [0.05, 0.1) is 29.0 Å². The molecule has 0 amide bonds. The van der Waals surface area contributed by atoms with E-state index in [9.17, 15) is 9.59 Å². The molecule has 130 valence electrons. The first-order chi connectivity index (χ1) is 11.2. The average molecular weight is 351 g/mol. The molecule has 6 nitrogen and oxygen atoms in total. The topological polar surface area (TPSA) is 74.7 Å². The van der Waals surface area contributed by atoms with E-state index in [2.05, 4.69) is 4.98 Å². The van der Waals surface area contributed by atoms with E-state index in [1.54, 1.807) is 6.20 Å². The Hall–Kier alpha value is -1.25. The van der Waals surface area contributed by atoms with Crippen LogP contribution < -0.4 is 4.78 Å². The Kier molecular flexibility index (Phi) is 4.34. The molecular formula is C16H22BNO5S. The van der Waals surface area contributed by atoms with Crippen LogP contribution >= 0.6 is 11.3 Å². The second-order valence-corrected chi connectivity index (χ2v) is 8.40. The Balaban J connectivity index is 1.73. The molecule has 24 heavy (non-hydrogen) atoms. The Morgan fingerprint density at radius 3 is 2.29 bits per heavy atom. The van der Waals surface area contributed by atoms with Gasteiger partial charge in [0.25, 0.3) is 0 Å². The summed E-state index contributed by atoms with van der Waals surface area (Å²) in [6.45, 7) is 7.93. The van der Waals surface area contributed by atoms with Gasteiger partial charge in [-0.3, -0.25) is 9.59 Å². The van der Waals surface area contributed by atoms with Gasteiger partial charge in [0.15, 0.2) is 10.8 Å². The van der Waals surface area contributed by atoms with Gasteiger partial charge in [-0.2, -0.15) is 0 Å². The highest BCUT2D eigenvalue weighted by atomic mass is 32.1. The van der Waals surface area contributed by atoms with Crippen molar-refractivity contribution in [2.75, 3.05) is 7.11 Å². The van der Waals surface area contributed by atoms with Crippen molar-refractivity contribution in [2.45, 2.75) is 51.7 Å². The fourth-order valence-electron chi connectivity index (χ4n) is 2.87. The van der Waals surface area contributed by atoms with Crippen LogP contribution in [0, 0.1) is 11.8 Å². The summed E-state index contributed by atoms with van der Waals surface area (Å²) >= 11 is 1.28. The third-order valence-electron chi connectivity index (χ3n) is 5.33. The number of carbonyl (C=O) groups excluding carboxylic acids is 2. The Bertz CT molecular complexity index is 655. The molecule has 1 saturated heterocycles. The number of esters is 1. The van der Waals surface area contributed by atoms with Crippen LogP contribution in [0.4, 0.5) is 0 Å². The molecule has 1 aromatic heterocycles. The lowest BCUT2D eigenvalue weighted by atomic mass is 9.71. The van der Waals surface area contributed by atoms with Gasteiger partial charge in [-0.15, -0.1) is 11.3 Å². The van der Waals surface area contributed by atoms with E-state index in [1.165, 1.54) is 18.4 Å². The number of hydrogen-bond donors (Lipinski definition) is 0. The lowest BCUT2D eigenvalue weighted by molar-refractivity contribution is -0.150. The zero-order valence-electron chi connectivity index (χ0n) is 14.6. The van der Waals surface area contributed by atoms with Crippen LogP contribution in [-0.4, -0.2) is 42.2 Å². The predicted molar refractivity (Wildman–Crippen MR) is 90.4 cm³/mol. The molecule has 0 N–H and O–H groups in total. The first-order valence-corrected chi connectivity index (χ1v) is 8.91. The minimum atomic E-state index is -0.521. The quantitative estimate of drug-likeness (QED) is 0.468. The van der Waals surface area contributed by atoms with Crippen molar-refractivity contribution < 1.29 is 23.6 Å². The van der Waals surface area contributed by atoms with Crippen LogP contribution in [0.3, 0.4) is 0 Å². The van der Waals surface area contributed by atoms with Gasteiger partial charge in [0.2, 0.25) is 0 Å². The zero-order chi connectivity index (χ0) is 17.7. The molecule has 0 spiro atoms. The molecule has 2 heterocycles. The Morgan fingerprint density at radius 2 is 1.79 bits per heavy atom. The second-order valence-electron chi connectivity index (χ2n) is 7.33. The fourth-order valence-corrected chi connectivity index (χ4v) is 3.75. The highest BCUT2D eigenvalue weighted by molar-refractivity contribution is 7.23. The van der Waals surface area contributed by atoms with Crippen LogP contribution in [-0.2, 0) is 18.8 Å². The minimum Gasteiger partial charge on any atom is -0.469 e. The van der Waals surface area contributed by atoms with Crippen LogP contribution in [0.2, 0.25) is 0 Å². The number of ketones is 1. The van der Waals surface area contributed by atoms with Crippen molar-refractivity contribution >= 4 is 35.0 Å². The molecule has 1 aliphatic carbocycles. The molecule has 0 unspecified atom stereocenters. The van der Waals surface area contributed by atoms with Gasteiger partial charge in [0.1, 0.15) is 0 Å². The number of thiazole rings is 1. The molecule has 2 fully saturated rings. The zero-order valence-corrected chi connectivity index (χ0v) is 15.4. The van der Waals surface area contributed by atoms with Gasteiger partial charge in [0, 0.05) is 12.1 Å². The molecule has 1 saturated carbocycles. The molecule has 2 aliphatic rings. The number of Topliss-reactive ketones (excluding diaryl/α,β-unsaturated/α-hetero) is 1. The van der Waals surface area contributed by atoms with Crippen LogP contribution in [0.15, 0.2) is 6.20 Å². The third kappa shape index (κ3) is 2.80. The summed E-state index contributed by atoms with van der Waals surface area (Å²) in [4.78, 5) is 28.5. The summed E-state index contributed by atoms with van der Waals surface area (Å²) < 4.78 is 17.5. The lowest BCUT2D eigenvalue weighted by Gasteiger charge is -2.32. The molecule has 2 atom stereocenters. The number of carbonyl (C=O) groups is 2. The monoisotopic (exact) mass is 351 g/mol. The second kappa shape index (κ2) is 5.93. The summed E-state index contributed by atoms with van der Waals surface area (Å²) in [5, 5.41) is 0.401. The lowest BCUT2D eigenvalue weighted by Crippen LogP contribution is -2.41. The molecule has 1 aromatic rings. The van der Waals surface area contributed by atoms with Crippen molar-refractivity contribution in [3.8, 4) is 0 Å². The Labute approximate surface area is 146 Å². The van der Waals surface area contributed by atoms with E-state index >= 15 is 0 Å². The van der Waals surface area contributed by atoms with Crippen LogP contribution in [0.1, 0.15) is 50.3 Å². The van der Waals surface area contributed by atoms with E-state index in [4.69, 9.17) is 14.0 Å². The largest absolute Gasteiger partial charge is 0.507 e. The summed E-state index contributed by atoms with van der Waals surface area (Å²) in [5.41, 5.74) is -0.869. The molecule has 8 heteroatoms. The maximum Gasteiger partial charge on any atom is 0.507 e. The van der Waals surface area contributed by atoms with Gasteiger partial charge in [-0.05, 0) is 40.5 Å². The number of ether oxygens (including phenoxy) is 1. The number of aromatic nitrogens is 1. The molecule has 0 aromatic carbocycles. The molecule has 1 aliphatic heterocycles. The number of rotatable bonds is 4.